The van der Waals surface area contributed by atoms with Crippen molar-refractivity contribution in [3.8, 4) is 23.3 Å². The summed E-state index contributed by atoms with van der Waals surface area (Å²) in [6.07, 6.45) is 2.87. The van der Waals surface area contributed by atoms with E-state index in [9.17, 15) is 9.59 Å². The summed E-state index contributed by atoms with van der Waals surface area (Å²) in [4.78, 5) is 25.9. The van der Waals surface area contributed by atoms with E-state index in [1.165, 1.54) is 0 Å². The molecule has 1 N–H and O–H groups in total. The van der Waals surface area contributed by atoms with Crippen molar-refractivity contribution in [1.29, 1.82) is 0 Å². The molecule has 0 saturated carbocycles. The highest BCUT2D eigenvalue weighted by Crippen LogP contribution is 2.28. The summed E-state index contributed by atoms with van der Waals surface area (Å²) in [5.74, 6) is 7.48. The molecule has 2 aromatic rings. The minimum Gasteiger partial charge on any atom is -0.484 e. The van der Waals surface area contributed by atoms with E-state index in [1.807, 2.05) is 47.4 Å². The van der Waals surface area contributed by atoms with Crippen LogP contribution in [0.25, 0.3) is 0 Å². The number of carbonyl (C=O) groups is 2. The molecule has 0 aromatic heterocycles. The minimum absolute atomic E-state index is 0.00851. The molecule has 2 aromatic carbocycles. The summed E-state index contributed by atoms with van der Waals surface area (Å²) in [6.45, 7) is 0.709. The van der Waals surface area contributed by atoms with Crippen LogP contribution < -0.4 is 14.8 Å². The largest absolute Gasteiger partial charge is 0.484 e. The molecule has 6 nitrogen and oxygen atoms in total. The number of rotatable bonds is 3. The topological polar surface area (TPSA) is 67.9 Å². The van der Waals surface area contributed by atoms with E-state index in [0.717, 1.165) is 24.8 Å². The lowest BCUT2D eigenvalue weighted by molar-refractivity contribution is -0.135. The molecular weight excluding hydrogens is 368 g/mol. The summed E-state index contributed by atoms with van der Waals surface area (Å²) in [7, 11) is 0. The Balaban J connectivity index is 1.43. The summed E-state index contributed by atoms with van der Waals surface area (Å²) >= 11 is 0. The number of hydrogen-bond donors (Lipinski definition) is 1. The van der Waals surface area contributed by atoms with E-state index in [-0.39, 0.29) is 31.1 Å². The maximum Gasteiger partial charge on any atom is 0.262 e. The number of carbonyl (C=O) groups excluding carboxylic acids is 2. The van der Waals surface area contributed by atoms with E-state index < -0.39 is 0 Å². The summed E-state index contributed by atoms with van der Waals surface area (Å²) in [5, 5.41) is 2.76. The van der Waals surface area contributed by atoms with Gasteiger partial charge >= 0.3 is 0 Å². The van der Waals surface area contributed by atoms with E-state index in [0.29, 0.717) is 23.7 Å². The zero-order valence-electron chi connectivity index (χ0n) is 16.0. The lowest BCUT2D eigenvalue weighted by atomic mass is 10.0. The van der Waals surface area contributed by atoms with Crippen LogP contribution in [0.5, 0.6) is 11.5 Å². The molecule has 1 atom stereocenters. The third-order valence-corrected chi connectivity index (χ3v) is 4.93. The van der Waals surface area contributed by atoms with Gasteiger partial charge in [-0.2, -0.15) is 0 Å². The number of fused-ring (bicyclic) bond motifs is 1. The van der Waals surface area contributed by atoms with Crippen LogP contribution in [0.4, 0.5) is 5.69 Å². The van der Waals surface area contributed by atoms with Gasteiger partial charge in [0, 0.05) is 12.1 Å². The smallest absolute Gasteiger partial charge is 0.262 e. The predicted octanol–water partition coefficient (Wildman–Crippen LogP) is 2.83. The van der Waals surface area contributed by atoms with Gasteiger partial charge in [-0.3, -0.25) is 9.59 Å². The SMILES string of the molecule is O=C1COc2cc(C#C[C@H]3CCCCN3C(=O)COc3ccccc3)ccc2N1. The molecule has 2 aliphatic heterocycles. The highest BCUT2D eigenvalue weighted by molar-refractivity contribution is 5.95. The molecule has 0 bridgehead atoms. The van der Waals surface area contributed by atoms with Crippen LogP contribution >= 0.6 is 0 Å². The van der Waals surface area contributed by atoms with Crippen molar-refractivity contribution in [3.05, 3.63) is 54.1 Å². The van der Waals surface area contributed by atoms with Crippen LogP contribution in [0.2, 0.25) is 0 Å². The predicted molar refractivity (Wildman–Crippen MR) is 109 cm³/mol. The Morgan fingerprint density at radius 2 is 2.07 bits per heavy atom. The van der Waals surface area contributed by atoms with Gasteiger partial charge in [-0.15, -0.1) is 0 Å². The molecule has 0 radical (unpaired) electrons. The quantitative estimate of drug-likeness (QED) is 0.819. The number of likely N-dealkylation sites (tertiary alicyclic amines) is 1. The van der Waals surface area contributed by atoms with Crippen molar-refractivity contribution in [3.63, 3.8) is 0 Å². The van der Waals surface area contributed by atoms with E-state index in [2.05, 4.69) is 17.2 Å². The fourth-order valence-corrected chi connectivity index (χ4v) is 3.44. The molecule has 0 spiro atoms. The fourth-order valence-electron chi connectivity index (χ4n) is 3.44. The number of piperidine rings is 1. The molecule has 29 heavy (non-hydrogen) atoms. The van der Waals surface area contributed by atoms with Gasteiger partial charge in [0.1, 0.15) is 11.5 Å². The maximum absolute atomic E-state index is 12.7. The van der Waals surface area contributed by atoms with Gasteiger partial charge in [0.2, 0.25) is 0 Å². The number of ether oxygens (including phenoxy) is 2. The first-order valence-electron chi connectivity index (χ1n) is 9.74. The number of amides is 2. The molecule has 4 rings (SSSR count). The summed E-state index contributed by atoms with van der Waals surface area (Å²) in [6, 6.07) is 14.6. The highest BCUT2D eigenvalue weighted by atomic mass is 16.5. The van der Waals surface area contributed by atoms with Gasteiger partial charge in [0.25, 0.3) is 11.8 Å². The molecule has 2 heterocycles. The average Bonchev–Trinajstić information content (AvgIpc) is 2.77. The Morgan fingerprint density at radius 3 is 2.93 bits per heavy atom. The Hall–Kier alpha value is -3.46. The van der Waals surface area contributed by atoms with Crippen LogP contribution in [0.3, 0.4) is 0 Å². The molecular formula is C23H22N2O4. The zero-order chi connectivity index (χ0) is 20.1. The zero-order valence-corrected chi connectivity index (χ0v) is 16.0. The van der Waals surface area contributed by atoms with E-state index in [1.54, 1.807) is 6.07 Å². The van der Waals surface area contributed by atoms with Crippen LogP contribution in [-0.2, 0) is 9.59 Å². The number of nitrogens with zero attached hydrogens (tertiary/aromatic N) is 1. The Bertz CT molecular complexity index is 962. The Labute approximate surface area is 169 Å². The standard InChI is InChI=1S/C23H22N2O4/c26-22-15-29-21-14-17(10-12-20(21)24-22)9-11-18-6-4-5-13-25(18)23(27)16-28-19-7-2-1-3-8-19/h1-3,7-8,10,12,14,18H,4-6,13,15-16H2,(H,24,26)/t18-/m1/s1. The second-order valence-electron chi connectivity index (χ2n) is 7.02. The average molecular weight is 390 g/mol. The monoisotopic (exact) mass is 390 g/mol. The summed E-state index contributed by atoms with van der Waals surface area (Å²) < 4.78 is 11.1. The second kappa shape index (κ2) is 8.70. The molecule has 0 aliphatic carbocycles. The number of nitrogens with one attached hydrogen (secondary N) is 1. The van der Waals surface area contributed by atoms with E-state index >= 15 is 0 Å². The van der Waals surface area contributed by atoms with Crippen LogP contribution in [-0.4, -0.2) is 42.5 Å². The number of para-hydroxylation sites is 1. The molecule has 2 amide bonds. The van der Waals surface area contributed by atoms with Crippen molar-refractivity contribution in [1.82, 2.24) is 4.90 Å². The normalized spacial score (nSPS) is 17.9. The highest BCUT2D eigenvalue weighted by Gasteiger charge is 2.25. The first kappa shape index (κ1) is 18.9. The maximum atomic E-state index is 12.7. The molecule has 0 unspecified atom stereocenters. The Kier molecular flexibility index (Phi) is 5.66. The molecule has 1 fully saturated rings. The van der Waals surface area contributed by atoms with Crippen LogP contribution in [0, 0.1) is 11.8 Å². The van der Waals surface area contributed by atoms with Crippen molar-refractivity contribution in [2.45, 2.75) is 25.3 Å². The third kappa shape index (κ3) is 4.69. The van der Waals surface area contributed by atoms with Gasteiger partial charge in [0.05, 0.1) is 11.7 Å². The van der Waals surface area contributed by atoms with Crippen LogP contribution in [0.15, 0.2) is 48.5 Å². The van der Waals surface area contributed by atoms with Gasteiger partial charge in [-0.1, -0.05) is 30.0 Å². The summed E-state index contributed by atoms with van der Waals surface area (Å²) in [5.41, 5.74) is 1.44. The second-order valence-corrected chi connectivity index (χ2v) is 7.02. The van der Waals surface area contributed by atoms with Crippen molar-refractivity contribution < 1.29 is 19.1 Å². The Morgan fingerprint density at radius 1 is 1.21 bits per heavy atom. The fraction of sp³-hybridized carbons (Fsp3) is 0.304. The molecule has 6 heteroatoms. The minimum atomic E-state index is -0.162. The lowest BCUT2D eigenvalue weighted by Gasteiger charge is -2.32. The molecule has 148 valence electrons. The van der Waals surface area contributed by atoms with Gasteiger partial charge in [-0.25, -0.2) is 0 Å². The van der Waals surface area contributed by atoms with Crippen molar-refractivity contribution >= 4 is 17.5 Å². The molecule has 1 saturated heterocycles. The van der Waals surface area contributed by atoms with E-state index in [4.69, 9.17) is 9.47 Å². The van der Waals surface area contributed by atoms with Gasteiger partial charge in [0.15, 0.2) is 13.2 Å². The van der Waals surface area contributed by atoms with Gasteiger partial charge < -0.3 is 19.7 Å². The van der Waals surface area contributed by atoms with Crippen molar-refractivity contribution in [2.24, 2.45) is 0 Å². The third-order valence-electron chi connectivity index (χ3n) is 4.93. The first-order chi connectivity index (χ1) is 14.2. The lowest BCUT2D eigenvalue weighted by Crippen LogP contribution is -2.45. The number of anilines is 1. The number of benzene rings is 2. The van der Waals surface area contributed by atoms with Crippen molar-refractivity contribution in [2.75, 3.05) is 25.1 Å². The molecule has 2 aliphatic rings. The number of hydrogen-bond acceptors (Lipinski definition) is 4. The first-order valence-corrected chi connectivity index (χ1v) is 9.74. The van der Waals surface area contributed by atoms with Gasteiger partial charge in [-0.05, 0) is 49.6 Å². The van der Waals surface area contributed by atoms with Crippen LogP contribution in [0.1, 0.15) is 24.8 Å².